The van der Waals surface area contributed by atoms with E-state index in [-0.39, 0.29) is 16.5 Å². The summed E-state index contributed by atoms with van der Waals surface area (Å²) in [5.74, 6) is -0.353. The van der Waals surface area contributed by atoms with Gasteiger partial charge in [-0.15, -0.1) is 10.2 Å². The van der Waals surface area contributed by atoms with Gasteiger partial charge in [0.2, 0.25) is 5.13 Å². The van der Waals surface area contributed by atoms with Crippen LogP contribution in [0.15, 0.2) is 78.4 Å². The second-order valence-corrected chi connectivity index (χ2v) is 10.3. The van der Waals surface area contributed by atoms with Crippen molar-refractivity contribution in [1.82, 2.24) is 10.2 Å². The molecule has 3 aromatic carbocycles. The number of ether oxygens (including phenoxy) is 3. The van der Waals surface area contributed by atoms with Gasteiger partial charge < -0.3 is 19.3 Å². The van der Waals surface area contributed by atoms with Gasteiger partial charge >= 0.3 is 5.91 Å². The molecule has 1 N–H and O–H groups in total. The van der Waals surface area contributed by atoms with Crippen LogP contribution in [-0.4, -0.2) is 40.2 Å². The molecule has 1 saturated heterocycles. The van der Waals surface area contributed by atoms with E-state index in [0.29, 0.717) is 53.2 Å². The van der Waals surface area contributed by atoms with E-state index >= 15 is 0 Å². The molecule has 1 aliphatic heterocycles. The van der Waals surface area contributed by atoms with Crippen LogP contribution in [0.1, 0.15) is 41.6 Å². The summed E-state index contributed by atoms with van der Waals surface area (Å²) in [5.41, 5.74) is 1.85. The molecule has 1 fully saturated rings. The van der Waals surface area contributed by atoms with Crippen molar-refractivity contribution < 1.29 is 28.9 Å². The standard InChI is InChI=1S/C31H29N3O6S/c1-4-38-23-14-11-21(12-15-23)28(35)26-27(34(30(37)29(26)36)31-33-32-19(3)41-31)22-13-16-24(25(17-22)39-5-2)40-18-20-9-7-6-8-10-20/h6-17,27,35H,4-5,18H2,1-3H3. The fraction of sp³-hybridized carbons (Fsp3) is 0.226. The molecule has 1 atom stereocenters. The highest BCUT2D eigenvalue weighted by atomic mass is 32.1. The molecule has 4 aromatic rings. The van der Waals surface area contributed by atoms with E-state index in [1.165, 1.54) is 16.2 Å². The Balaban J connectivity index is 1.60. The summed E-state index contributed by atoms with van der Waals surface area (Å²) in [7, 11) is 0. The average Bonchev–Trinajstić information content (AvgIpc) is 3.53. The highest BCUT2D eigenvalue weighted by molar-refractivity contribution is 7.15. The number of rotatable bonds is 10. The minimum Gasteiger partial charge on any atom is -0.507 e. The molecular weight excluding hydrogens is 542 g/mol. The van der Waals surface area contributed by atoms with Gasteiger partial charge in [-0.3, -0.25) is 14.5 Å². The number of hydrogen-bond donors (Lipinski definition) is 1. The van der Waals surface area contributed by atoms with Crippen LogP contribution < -0.4 is 19.1 Å². The number of aryl methyl sites for hydroxylation is 1. The van der Waals surface area contributed by atoms with Crippen molar-refractivity contribution in [2.75, 3.05) is 18.1 Å². The highest BCUT2D eigenvalue weighted by Crippen LogP contribution is 2.45. The first-order chi connectivity index (χ1) is 19.9. The molecule has 9 nitrogen and oxygen atoms in total. The fourth-order valence-electron chi connectivity index (χ4n) is 4.58. The zero-order valence-electron chi connectivity index (χ0n) is 22.9. The van der Waals surface area contributed by atoms with E-state index < -0.39 is 17.7 Å². The third-order valence-electron chi connectivity index (χ3n) is 6.43. The number of aromatic nitrogens is 2. The van der Waals surface area contributed by atoms with Gasteiger partial charge in [0.15, 0.2) is 11.5 Å². The summed E-state index contributed by atoms with van der Waals surface area (Å²) < 4.78 is 17.5. The summed E-state index contributed by atoms with van der Waals surface area (Å²) in [6.07, 6.45) is 0. The first-order valence-electron chi connectivity index (χ1n) is 13.2. The zero-order chi connectivity index (χ0) is 28.9. The van der Waals surface area contributed by atoms with Gasteiger partial charge in [-0.2, -0.15) is 0 Å². The van der Waals surface area contributed by atoms with E-state index in [0.717, 1.165) is 5.56 Å². The lowest BCUT2D eigenvalue weighted by Crippen LogP contribution is -2.29. The average molecular weight is 572 g/mol. The Labute approximate surface area is 241 Å². The normalized spacial score (nSPS) is 16.2. The van der Waals surface area contributed by atoms with E-state index in [4.69, 9.17) is 14.2 Å². The largest absolute Gasteiger partial charge is 0.507 e. The van der Waals surface area contributed by atoms with Gasteiger partial charge in [-0.05, 0) is 68.3 Å². The Kier molecular flexibility index (Phi) is 8.30. The number of hydrogen-bond acceptors (Lipinski definition) is 9. The molecule has 41 heavy (non-hydrogen) atoms. The monoisotopic (exact) mass is 571 g/mol. The molecule has 1 aromatic heterocycles. The van der Waals surface area contributed by atoms with Gasteiger partial charge in [0.05, 0.1) is 24.8 Å². The third kappa shape index (κ3) is 5.78. The van der Waals surface area contributed by atoms with Gasteiger partial charge in [-0.25, -0.2) is 0 Å². The molecule has 1 aliphatic rings. The molecule has 10 heteroatoms. The van der Waals surface area contributed by atoms with Crippen LogP contribution in [0, 0.1) is 6.92 Å². The number of aliphatic hydroxyl groups excluding tert-OH is 1. The SMILES string of the molecule is CCOc1ccc(C(O)=C2C(=O)C(=O)N(c3nnc(C)s3)C2c2ccc(OCc3ccccc3)c(OCC)c2)cc1. The van der Waals surface area contributed by atoms with Gasteiger partial charge in [0.25, 0.3) is 5.78 Å². The number of ketones is 1. The van der Waals surface area contributed by atoms with Crippen LogP contribution >= 0.6 is 11.3 Å². The minimum absolute atomic E-state index is 0.0626. The maximum Gasteiger partial charge on any atom is 0.301 e. The molecule has 210 valence electrons. The molecule has 1 amide bonds. The number of anilines is 1. The van der Waals surface area contributed by atoms with Crippen molar-refractivity contribution in [3.8, 4) is 17.2 Å². The van der Waals surface area contributed by atoms with Crippen molar-refractivity contribution in [3.05, 3.63) is 100 Å². The van der Waals surface area contributed by atoms with Crippen LogP contribution in [0.2, 0.25) is 0 Å². The van der Waals surface area contributed by atoms with Crippen LogP contribution in [0.4, 0.5) is 5.13 Å². The lowest BCUT2D eigenvalue weighted by atomic mass is 9.95. The zero-order valence-corrected chi connectivity index (χ0v) is 23.7. The van der Waals surface area contributed by atoms with Crippen molar-refractivity contribution in [1.29, 1.82) is 0 Å². The second-order valence-electron chi connectivity index (χ2n) is 9.14. The highest BCUT2D eigenvalue weighted by Gasteiger charge is 2.48. The summed E-state index contributed by atoms with van der Waals surface area (Å²) in [6.45, 7) is 6.69. The molecule has 1 unspecified atom stereocenters. The van der Waals surface area contributed by atoms with Crippen molar-refractivity contribution in [2.45, 2.75) is 33.4 Å². The van der Waals surface area contributed by atoms with E-state index in [1.54, 1.807) is 49.4 Å². The Bertz CT molecular complexity index is 1580. The summed E-state index contributed by atoms with van der Waals surface area (Å²) in [6, 6.07) is 20.7. The number of carbonyl (C=O) groups is 2. The summed E-state index contributed by atoms with van der Waals surface area (Å²) in [5, 5.41) is 20.5. The number of nitrogens with zero attached hydrogens (tertiary/aromatic N) is 3. The molecule has 0 radical (unpaired) electrons. The molecule has 0 saturated carbocycles. The number of benzene rings is 3. The molecule has 5 rings (SSSR count). The minimum atomic E-state index is -0.976. The number of aliphatic hydroxyl groups is 1. The molecular formula is C31H29N3O6S. The van der Waals surface area contributed by atoms with E-state index in [2.05, 4.69) is 10.2 Å². The Morgan fingerprint density at radius 2 is 1.63 bits per heavy atom. The first-order valence-corrected chi connectivity index (χ1v) is 14.0. The van der Waals surface area contributed by atoms with Gasteiger partial charge in [0, 0.05) is 5.56 Å². The van der Waals surface area contributed by atoms with Crippen LogP contribution in [0.5, 0.6) is 17.2 Å². The van der Waals surface area contributed by atoms with Crippen LogP contribution in [-0.2, 0) is 16.2 Å². The second kappa shape index (κ2) is 12.2. The predicted octanol–water partition coefficient (Wildman–Crippen LogP) is 5.85. The maximum atomic E-state index is 13.5. The predicted molar refractivity (Wildman–Crippen MR) is 155 cm³/mol. The molecule has 0 aliphatic carbocycles. The van der Waals surface area contributed by atoms with Gasteiger partial charge in [-0.1, -0.05) is 47.7 Å². The smallest absolute Gasteiger partial charge is 0.301 e. The van der Waals surface area contributed by atoms with E-state index in [1.807, 2.05) is 44.2 Å². The number of Topliss-reactive ketones (excluding diaryl/α,β-unsaturated/α-hetero) is 1. The molecule has 2 heterocycles. The third-order valence-corrected chi connectivity index (χ3v) is 7.26. The lowest BCUT2D eigenvalue weighted by Gasteiger charge is -2.23. The first kappa shape index (κ1) is 27.9. The summed E-state index contributed by atoms with van der Waals surface area (Å²) in [4.78, 5) is 28.2. The Morgan fingerprint density at radius 3 is 2.29 bits per heavy atom. The fourth-order valence-corrected chi connectivity index (χ4v) is 5.29. The molecule has 0 bridgehead atoms. The number of carbonyl (C=O) groups excluding carboxylic acids is 2. The van der Waals surface area contributed by atoms with Crippen molar-refractivity contribution in [2.24, 2.45) is 0 Å². The van der Waals surface area contributed by atoms with Crippen molar-refractivity contribution in [3.63, 3.8) is 0 Å². The van der Waals surface area contributed by atoms with Crippen molar-refractivity contribution >= 4 is 33.9 Å². The van der Waals surface area contributed by atoms with Crippen LogP contribution in [0.25, 0.3) is 5.76 Å². The quantitative estimate of drug-likeness (QED) is 0.143. The Morgan fingerprint density at radius 1 is 0.902 bits per heavy atom. The topological polar surface area (TPSA) is 111 Å². The molecule has 0 spiro atoms. The maximum absolute atomic E-state index is 13.5. The van der Waals surface area contributed by atoms with E-state index in [9.17, 15) is 14.7 Å². The van der Waals surface area contributed by atoms with Gasteiger partial charge in [0.1, 0.15) is 23.1 Å². The lowest BCUT2D eigenvalue weighted by molar-refractivity contribution is -0.132. The number of amides is 1. The Hall–Kier alpha value is -4.70. The van der Waals surface area contributed by atoms with Crippen LogP contribution in [0.3, 0.4) is 0 Å². The summed E-state index contributed by atoms with van der Waals surface area (Å²) >= 11 is 1.18.